The Morgan fingerprint density at radius 3 is 3.00 bits per heavy atom. The van der Waals surface area contributed by atoms with Gasteiger partial charge in [-0.25, -0.2) is 0 Å². The number of carboxylic acids is 1. The molecule has 0 amide bonds. The summed E-state index contributed by atoms with van der Waals surface area (Å²) in [5, 5.41) is 18.5. The van der Waals surface area contributed by atoms with Gasteiger partial charge in [-0.05, 0) is 22.0 Å². The van der Waals surface area contributed by atoms with Crippen LogP contribution in [0.15, 0.2) is 10.5 Å². The van der Waals surface area contributed by atoms with Crippen LogP contribution in [0.25, 0.3) is 0 Å². The van der Waals surface area contributed by atoms with Crippen LogP contribution in [0.1, 0.15) is 17.9 Å². The highest BCUT2D eigenvalue weighted by Gasteiger charge is 2.30. The van der Waals surface area contributed by atoms with Gasteiger partial charge in [-0.2, -0.15) is 0 Å². The number of halogens is 2. The lowest BCUT2D eigenvalue weighted by molar-refractivity contribution is -0.137. The van der Waals surface area contributed by atoms with Crippen molar-refractivity contribution in [2.75, 3.05) is 6.61 Å². The predicted octanol–water partition coefficient (Wildman–Crippen LogP) is 2.76. The zero-order chi connectivity index (χ0) is 11.9. The van der Waals surface area contributed by atoms with E-state index in [1.54, 1.807) is 6.07 Å². The van der Waals surface area contributed by atoms with Gasteiger partial charge in [-0.3, -0.25) is 4.79 Å². The van der Waals surface area contributed by atoms with Crippen LogP contribution < -0.4 is 4.74 Å². The molecule has 2 rings (SSSR count). The lowest BCUT2D eigenvalue weighted by Crippen LogP contribution is -2.07. The van der Waals surface area contributed by atoms with Crippen molar-refractivity contribution in [2.24, 2.45) is 0 Å². The van der Waals surface area contributed by atoms with Gasteiger partial charge < -0.3 is 14.9 Å². The van der Waals surface area contributed by atoms with Crippen molar-refractivity contribution in [3.8, 4) is 11.5 Å². The minimum Gasteiger partial charge on any atom is -0.505 e. The first-order chi connectivity index (χ1) is 7.50. The third-order valence-corrected chi connectivity index (χ3v) is 3.49. The molecule has 0 saturated heterocycles. The number of phenolic OH excluding ortho intramolecular Hbond substituents is 1. The molecule has 0 spiro atoms. The van der Waals surface area contributed by atoms with Crippen molar-refractivity contribution in [1.29, 1.82) is 0 Å². The molecule has 0 aromatic heterocycles. The fourth-order valence-corrected chi connectivity index (χ4v) is 2.60. The van der Waals surface area contributed by atoms with E-state index in [4.69, 9.17) is 21.4 Å². The van der Waals surface area contributed by atoms with Crippen molar-refractivity contribution in [2.45, 2.75) is 12.3 Å². The molecule has 1 aliphatic heterocycles. The van der Waals surface area contributed by atoms with Crippen molar-refractivity contribution in [1.82, 2.24) is 0 Å². The van der Waals surface area contributed by atoms with Gasteiger partial charge >= 0.3 is 5.97 Å². The highest BCUT2D eigenvalue weighted by Crippen LogP contribution is 2.48. The highest BCUT2D eigenvalue weighted by molar-refractivity contribution is 9.10. The van der Waals surface area contributed by atoms with E-state index in [9.17, 15) is 9.90 Å². The van der Waals surface area contributed by atoms with Gasteiger partial charge in [0.25, 0.3) is 0 Å². The second-order valence-electron chi connectivity index (χ2n) is 3.55. The number of hydrogen-bond acceptors (Lipinski definition) is 3. The fourth-order valence-electron chi connectivity index (χ4n) is 1.71. The first-order valence-electron chi connectivity index (χ1n) is 4.56. The molecule has 1 aromatic carbocycles. The Kier molecular flexibility index (Phi) is 2.99. The van der Waals surface area contributed by atoms with Gasteiger partial charge in [0.2, 0.25) is 0 Å². The maximum atomic E-state index is 10.7. The summed E-state index contributed by atoms with van der Waals surface area (Å²) in [7, 11) is 0. The Balaban J connectivity index is 2.44. The van der Waals surface area contributed by atoms with Crippen LogP contribution in [-0.4, -0.2) is 22.8 Å². The number of benzene rings is 1. The predicted molar refractivity (Wildman–Crippen MR) is 61.3 cm³/mol. The number of hydrogen-bond donors (Lipinski definition) is 2. The van der Waals surface area contributed by atoms with E-state index < -0.39 is 5.97 Å². The average Bonchev–Trinajstić information content (AvgIpc) is 2.58. The van der Waals surface area contributed by atoms with Crippen LogP contribution in [0.2, 0.25) is 5.02 Å². The monoisotopic (exact) mass is 306 g/mol. The van der Waals surface area contributed by atoms with Crippen LogP contribution in [0.4, 0.5) is 0 Å². The normalized spacial score (nSPS) is 18.0. The van der Waals surface area contributed by atoms with Gasteiger partial charge in [-0.15, -0.1) is 0 Å². The minimum absolute atomic E-state index is 0.0133. The molecule has 1 heterocycles. The standard InChI is InChI=1S/C10H8BrClO4/c11-8-9(15)6(12)2-5-4(1-7(13)14)3-16-10(5)8/h2,4,15H,1,3H2,(H,13,14)/t4-/m1/s1. The molecule has 86 valence electrons. The first-order valence-corrected chi connectivity index (χ1v) is 5.73. The Morgan fingerprint density at radius 1 is 1.69 bits per heavy atom. The first kappa shape index (κ1) is 11.5. The highest BCUT2D eigenvalue weighted by atomic mass is 79.9. The topological polar surface area (TPSA) is 66.8 Å². The van der Waals surface area contributed by atoms with Gasteiger partial charge in [0.1, 0.15) is 10.2 Å². The molecule has 16 heavy (non-hydrogen) atoms. The summed E-state index contributed by atoms with van der Waals surface area (Å²) in [6.45, 7) is 0.292. The van der Waals surface area contributed by atoms with E-state index in [0.717, 1.165) is 5.56 Å². The van der Waals surface area contributed by atoms with E-state index in [1.807, 2.05) is 0 Å². The maximum Gasteiger partial charge on any atom is 0.304 e. The van der Waals surface area contributed by atoms with E-state index in [2.05, 4.69) is 15.9 Å². The van der Waals surface area contributed by atoms with Crippen molar-refractivity contribution >= 4 is 33.5 Å². The number of ether oxygens (including phenoxy) is 1. The van der Waals surface area contributed by atoms with Crippen molar-refractivity contribution in [3.63, 3.8) is 0 Å². The second kappa shape index (κ2) is 4.14. The van der Waals surface area contributed by atoms with E-state index >= 15 is 0 Å². The molecule has 0 aliphatic carbocycles. The number of carboxylic acid groups (broad SMARTS) is 1. The van der Waals surface area contributed by atoms with E-state index in [1.165, 1.54) is 0 Å². The molecule has 2 N–H and O–H groups in total. The van der Waals surface area contributed by atoms with Crippen LogP contribution in [-0.2, 0) is 4.79 Å². The Morgan fingerprint density at radius 2 is 2.38 bits per heavy atom. The molecule has 0 unspecified atom stereocenters. The summed E-state index contributed by atoms with van der Waals surface area (Å²) in [5.74, 6) is -0.715. The van der Waals surface area contributed by atoms with Crippen LogP contribution >= 0.6 is 27.5 Å². The third kappa shape index (κ3) is 1.85. The van der Waals surface area contributed by atoms with Gasteiger partial charge in [0.15, 0.2) is 5.75 Å². The van der Waals surface area contributed by atoms with Gasteiger partial charge in [-0.1, -0.05) is 11.6 Å². The molecule has 4 nitrogen and oxygen atoms in total. The molecule has 0 fully saturated rings. The third-order valence-electron chi connectivity index (χ3n) is 2.47. The quantitative estimate of drug-likeness (QED) is 0.881. The number of aliphatic carboxylic acids is 1. The molecule has 1 atom stereocenters. The van der Waals surface area contributed by atoms with Gasteiger partial charge in [0, 0.05) is 11.5 Å². The van der Waals surface area contributed by atoms with E-state index in [0.29, 0.717) is 16.8 Å². The summed E-state index contributed by atoms with van der Waals surface area (Å²) in [6.07, 6.45) is -0.0133. The van der Waals surface area contributed by atoms with Crippen LogP contribution in [0, 0.1) is 0 Å². The number of rotatable bonds is 2. The zero-order valence-electron chi connectivity index (χ0n) is 8.04. The SMILES string of the molecule is O=C(O)C[C@@H]1COc2c1cc(Cl)c(O)c2Br. The molecule has 6 heteroatoms. The Hall–Kier alpha value is -0.940. The second-order valence-corrected chi connectivity index (χ2v) is 4.75. The Bertz CT molecular complexity index is 461. The van der Waals surface area contributed by atoms with Crippen molar-refractivity contribution < 1.29 is 19.7 Å². The number of fused-ring (bicyclic) bond motifs is 1. The zero-order valence-corrected chi connectivity index (χ0v) is 10.4. The van der Waals surface area contributed by atoms with E-state index in [-0.39, 0.29) is 23.1 Å². The average molecular weight is 308 g/mol. The molecular weight excluding hydrogens is 299 g/mol. The fraction of sp³-hybridized carbons (Fsp3) is 0.300. The number of phenols is 1. The van der Waals surface area contributed by atoms with Crippen LogP contribution in [0.3, 0.4) is 0 Å². The summed E-state index contributed by atoms with van der Waals surface area (Å²) < 4.78 is 5.73. The van der Waals surface area contributed by atoms with Gasteiger partial charge in [0.05, 0.1) is 18.1 Å². The molecule has 0 bridgehead atoms. The van der Waals surface area contributed by atoms with Crippen LogP contribution in [0.5, 0.6) is 11.5 Å². The molecule has 1 aromatic rings. The number of aromatic hydroxyl groups is 1. The Labute approximate surface area is 105 Å². The molecule has 0 saturated carbocycles. The number of carbonyl (C=O) groups is 1. The summed E-state index contributed by atoms with van der Waals surface area (Å²) in [5.41, 5.74) is 0.720. The molecular formula is C10H8BrClO4. The molecule has 1 aliphatic rings. The minimum atomic E-state index is -0.887. The lowest BCUT2D eigenvalue weighted by atomic mass is 9.98. The largest absolute Gasteiger partial charge is 0.505 e. The summed E-state index contributed by atoms with van der Waals surface area (Å²) in [6, 6.07) is 1.55. The maximum absolute atomic E-state index is 10.7. The van der Waals surface area contributed by atoms with Crippen molar-refractivity contribution in [3.05, 3.63) is 21.1 Å². The summed E-state index contributed by atoms with van der Waals surface area (Å²) >= 11 is 8.99. The summed E-state index contributed by atoms with van der Waals surface area (Å²) in [4.78, 5) is 10.7. The smallest absolute Gasteiger partial charge is 0.304 e. The lowest BCUT2D eigenvalue weighted by Gasteiger charge is -2.08. The molecule has 0 radical (unpaired) electrons.